The minimum Gasteiger partial charge on any atom is -0.343 e. The van der Waals surface area contributed by atoms with Crippen LogP contribution in [0.3, 0.4) is 0 Å². The van der Waals surface area contributed by atoms with Crippen molar-refractivity contribution in [1.82, 2.24) is 9.88 Å². The number of pyridine rings is 1. The molecule has 1 saturated carbocycles. The molecule has 6 nitrogen and oxygen atoms in total. The van der Waals surface area contributed by atoms with Gasteiger partial charge in [0.05, 0.1) is 0 Å². The number of rotatable bonds is 8. The van der Waals surface area contributed by atoms with E-state index in [1.54, 1.807) is 0 Å². The van der Waals surface area contributed by atoms with Crippen molar-refractivity contribution < 1.29 is 9.59 Å². The Labute approximate surface area is 233 Å². The van der Waals surface area contributed by atoms with Crippen LogP contribution in [-0.4, -0.2) is 34.8 Å². The SMILES string of the molecule is CC(C)C(=O)N(C)C1CCC(CC(=O)Nc2cc(-c3ccccc3)c(-c3ccc(C(C)(C)N)cc3)cn2)CC1. The molecule has 1 aliphatic rings. The Hall–Kier alpha value is -3.51. The predicted molar refractivity (Wildman–Crippen MR) is 159 cm³/mol. The Balaban J connectivity index is 1.46. The number of benzene rings is 2. The van der Waals surface area contributed by atoms with Gasteiger partial charge in [-0.2, -0.15) is 0 Å². The summed E-state index contributed by atoms with van der Waals surface area (Å²) < 4.78 is 0. The van der Waals surface area contributed by atoms with E-state index in [1.807, 2.05) is 70.1 Å². The Kier molecular flexibility index (Phi) is 8.86. The zero-order valence-corrected chi connectivity index (χ0v) is 23.9. The molecule has 2 aromatic carbocycles. The first kappa shape index (κ1) is 28.5. The van der Waals surface area contributed by atoms with Gasteiger partial charge in [-0.15, -0.1) is 0 Å². The number of nitrogens with one attached hydrogen (secondary N) is 1. The minimum absolute atomic E-state index is 0.00983. The normalized spacial score (nSPS) is 17.6. The van der Waals surface area contributed by atoms with Crippen LogP contribution in [0.4, 0.5) is 5.82 Å². The van der Waals surface area contributed by atoms with E-state index in [-0.39, 0.29) is 23.8 Å². The maximum absolute atomic E-state index is 13.0. The number of nitrogens with zero attached hydrogens (tertiary/aromatic N) is 2. The van der Waals surface area contributed by atoms with Crippen molar-refractivity contribution in [3.8, 4) is 22.3 Å². The fraction of sp³-hybridized carbons (Fsp3) is 0.424. The van der Waals surface area contributed by atoms with Gasteiger partial charge in [-0.25, -0.2) is 4.98 Å². The summed E-state index contributed by atoms with van der Waals surface area (Å²) in [4.78, 5) is 31.9. The molecule has 0 spiro atoms. The highest BCUT2D eigenvalue weighted by Crippen LogP contribution is 2.35. The molecular weight excluding hydrogens is 484 g/mol. The van der Waals surface area contributed by atoms with Crippen LogP contribution in [0, 0.1) is 11.8 Å². The summed E-state index contributed by atoms with van der Waals surface area (Å²) in [7, 11) is 1.91. The Bertz CT molecular complexity index is 1270. The van der Waals surface area contributed by atoms with Gasteiger partial charge in [0, 0.05) is 42.7 Å². The van der Waals surface area contributed by atoms with Crippen molar-refractivity contribution >= 4 is 17.6 Å². The van der Waals surface area contributed by atoms with E-state index in [4.69, 9.17) is 5.73 Å². The Morgan fingerprint density at radius 2 is 1.59 bits per heavy atom. The Morgan fingerprint density at radius 3 is 2.18 bits per heavy atom. The minimum atomic E-state index is -0.409. The highest BCUT2D eigenvalue weighted by Gasteiger charge is 2.28. The number of carbonyl (C=O) groups excluding carboxylic acids is 2. The van der Waals surface area contributed by atoms with Gasteiger partial charge in [-0.3, -0.25) is 9.59 Å². The van der Waals surface area contributed by atoms with Gasteiger partial charge in [0.25, 0.3) is 0 Å². The fourth-order valence-electron chi connectivity index (χ4n) is 5.47. The summed E-state index contributed by atoms with van der Waals surface area (Å²) in [5.41, 5.74) is 11.1. The van der Waals surface area contributed by atoms with Crippen LogP contribution in [0.5, 0.6) is 0 Å². The highest BCUT2D eigenvalue weighted by atomic mass is 16.2. The lowest BCUT2D eigenvalue weighted by molar-refractivity contribution is -0.136. The van der Waals surface area contributed by atoms with Gasteiger partial charge in [0.15, 0.2) is 0 Å². The second-order valence-electron chi connectivity index (χ2n) is 11.8. The summed E-state index contributed by atoms with van der Waals surface area (Å²) in [6.07, 6.45) is 6.09. The van der Waals surface area contributed by atoms with Gasteiger partial charge >= 0.3 is 0 Å². The van der Waals surface area contributed by atoms with Gasteiger partial charge in [0.1, 0.15) is 5.82 Å². The van der Waals surface area contributed by atoms with E-state index in [0.717, 1.165) is 53.5 Å². The Morgan fingerprint density at radius 1 is 0.974 bits per heavy atom. The predicted octanol–water partition coefficient (Wildman–Crippen LogP) is 6.61. The number of hydrogen-bond acceptors (Lipinski definition) is 4. The number of nitrogens with two attached hydrogens (primary N) is 1. The molecule has 3 N–H and O–H groups in total. The average molecular weight is 527 g/mol. The third-order valence-corrected chi connectivity index (χ3v) is 7.88. The molecule has 4 rings (SSSR count). The van der Waals surface area contributed by atoms with Crippen LogP contribution in [0.2, 0.25) is 0 Å². The van der Waals surface area contributed by atoms with Gasteiger partial charge in [-0.05, 0) is 73.8 Å². The molecular formula is C33H42N4O2. The molecule has 1 aliphatic carbocycles. The maximum Gasteiger partial charge on any atom is 0.225 e. The van der Waals surface area contributed by atoms with Crippen LogP contribution in [0.1, 0.15) is 65.4 Å². The van der Waals surface area contributed by atoms with E-state index in [2.05, 4.69) is 46.7 Å². The van der Waals surface area contributed by atoms with E-state index in [9.17, 15) is 9.59 Å². The molecule has 0 aliphatic heterocycles. The summed E-state index contributed by atoms with van der Waals surface area (Å²) in [6, 6.07) is 20.7. The zero-order chi connectivity index (χ0) is 28.2. The van der Waals surface area contributed by atoms with Gasteiger partial charge in [0.2, 0.25) is 11.8 Å². The van der Waals surface area contributed by atoms with Crippen molar-refractivity contribution in [3.63, 3.8) is 0 Å². The van der Waals surface area contributed by atoms with Crippen molar-refractivity contribution in [3.05, 3.63) is 72.4 Å². The third kappa shape index (κ3) is 7.12. The second-order valence-corrected chi connectivity index (χ2v) is 11.8. The van der Waals surface area contributed by atoms with Crippen LogP contribution < -0.4 is 11.1 Å². The zero-order valence-electron chi connectivity index (χ0n) is 23.9. The molecule has 1 aromatic heterocycles. The van der Waals surface area contributed by atoms with Crippen LogP contribution in [0.25, 0.3) is 22.3 Å². The monoisotopic (exact) mass is 526 g/mol. The van der Waals surface area contributed by atoms with Crippen molar-refractivity contribution in [2.75, 3.05) is 12.4 Å². The largest absolute Gasteiger partial charge is 0.343 e. The molecule has 2 amide bonds. The average Bonchev–Trinajstić information content (AvgIpc) is 2.92. The molecule has 3 aromatic rings. The van der Waals surface area contributed by atoms with Crippen molar-refractivity contribution in [2.24, 2.45) is 17.6 Å². The first-order chi connectivity index (χ1) is 18.5. The molecule has 0 unspecified atom stereocenters. The quantitative estimate of drug-likeness (QED) is 0.346. The van der Waals surface area contributed by atoms with E-state index >= 15 is 0 Å². The summed E-state index contributed by atoms with van der Waals surface area (Å²) >= 11 is 0. The molecule has 206 valence electrons. The van der Waals surface area contributed by atoms with E-state index in [0.29, 0.717) is 18.2 Å². The number of carbonyl (C=O) groups is 2. The maximum atomic E-state index is 13.0. The standard InChI is InChI=1S/C33H42N4O2/c1-22(2)32(39)37(5)27-17-11-23(12-18-27)19-31(38)36-30-20-28(24-9-7-6-8-10-24)29(21-35-30)25-13-15-26(16-14-25)33(3,4)34/h6-10,13-16,20-23,27H,11-12,17-19,34H2,1-5H3,(H,35,36,38). The highest BCUT2D eigenvalue weighted by molar-refractivity contribution is 5.92. The second kappa shape index (κ2) is 12.1. The molecule has 1 fully saturated rings. The van der Waals surface area contributed by atoms with Gasteiger partial charge in [-0.1, -0.05) is 68.4 Å². The summed E-state index contributed by atoms with van der Waals surface area (Å²) in [6.45, 7) is 7.87. The molecule has 0 bridgehead atoms. The van der Waals surface area contributed by atoms with Crippen LogP contribution in [0.15, 0.2) is 66.9 Å². The van der Waals surface area contributed by atoms with E-state index in [1.165, 1.54) is 0 Å². The number of amides is 2. The van der Waals surface area contributed by atoms with Crippen molar-refractivity contribution in [2.45, 2.75) is 71.4 Å². The third-order valence-electron chi connectivity index (χ3n) is 7.88. The number of hydrogen-bond donors (Lipinski definition) is 2. The van der Waals surface area contributed by atoms with Crippen LogP contribution in [-0.2, 0) is 15.1 Å². The molecule has 0 saturated heterocycles. The molecule has 6 heteroatoms. The number of anilines is 1. The van der Waals surface area contributed by atoms with Crippen LogP contribution >= 0.6 is 0 Å². The first-order valence-corrected chi connectivity index (χ1v) is 14.0. The molecule has 39 heavy (non-hydrogen) atoms. The van der Waals surface area contributed by atoms with E-state index < -0.39 is 5.54 Å². The smallest absolute Gasteiger partial charge is 0.225 e. The molecule has 1 heterocycles. The topological polar surface area (TPSA) is 88.3 Å². The lowest BCUT2D eigenvalue weighted by Gasteiger charge is -2.35. The molecule has 0 atom stereocenters. The lowest BCUT2D eigenvalue weighted by atomic mass is 9.83. The summed E-state index contributed by atoms with van der Waals surface area (Å²) in [5.74, 6) is 1.06. The summed E-state index contributed by atoms with van der Waals surface area (Å²) in [5, 5.41) is 3.04. The van der Waals surface area contributed by atoms with Crippen molar-refractivity contribution in [1.29, 1.82) is 0 Å². The first-order valence-electron chi connectivity index (χ1n) is 14.0. The number of aromatic nitrogens is 1. The van der Waals surface area contributed by atoms with Gasteiger partial charge < -0.3 is 16.0 Å². The lowest BCUT2D eigenvalue weighted by Crippen LogP contribution is -2.41. The molecule has 0 radical (unpaired) electrons. The fourth-order valence-corrected chi connectivity index (χ4v) is 5.47.